The summed E-state index contributed by atoms with van der Waals surface area (Å²) in [6, 6.07) is 18.5. The second kappa shape index (κ2) is 8.46. The molecule has 0 aliphatic carbocycles. The molecule has 0 spiro atoms. The van der Waals surface area contributed by atoms with Crippen LogP contribution in [0.5, 0.6) is 0 Å². The Morgan fingerprint density at radius 3 is 2.39 bits per heavy atom. The Morgan fingerprint density at radius 2 is 1.68 bits per heavy atom. The van der Waals surface area contributed by atoms with Gasteiger partial charge in [-0.05, 0) is 65.8 Å². The van der Waals surface area contributed by atoms with Gasteiger partial charge in [-0.25, -0.2) is 4.79 Å². The van der Waals surface area contributed by atoms with Gasteiger partial charge >= 0.3 is 12.1 Å². The number of aromatic carboxylic acids is 1. The number of fused-ring (bicyclic) bond motifs is 1. The number of alkyl halides is 3. The summed E-state index contributed by atoms with van der Waals surface area (Å²) in [5.74, 6) is -0.947. The highest BCUT2D eigenvalue weighted by molar-refractivity contribution is 5.87. The summed E-state index contributed by atoms with van der Waals surface area (Å²) in [7, 11) is 0. The lowest BCUT2D eigenvalue weighted by Crippen LogP contribution is -2.21. The van der Waals surface area contributed by atoms with Crippen molar-refractivity contribution in [3.05, 3.63) is 100 Å². The summed E-state index contributed by atoms with van der Waals surface area (Å²) in [5, 5.41) is 9.03. The number of nitrogens with zero attached hydrogens (tertiary/aromatic N) is 1. The molecule has 0 amide bonds. The van der Waals surface area contributed by atoms with Crippen molar-refractivity contribution in [1.29, 1.82) is 0 Å². The number of aryl methyl sites for hydroxylation is 2. The molecule has 0 saturated heterocycles. The molecule has 3 nitrogen and oxygen atoms in total. The van der Waals surface area contributed by atoms with Crippen molar-refractivity contribution >= 4 is 11.7 Å². The fourth-order valence-electron chi connectivity index (χ4n) is 4.14. The molecule has 1 N–H and O–H groups in total. The van der Waals surface area contributed by atoms with Crippen molar-refractivity contribution in [1.82, 2.24) is 0 Å². The molecular formula is C25H22F3NO2. The highest BCUT2D eigenvalue weighted by Crippen LogP contribution is 2.35. The van der Waals surface area contributed by atoms with Crippen LogP contribution in [0.15, 0.2) is 66.7 Å². The van der Waals surface area contributed by atoms with Gasteiger partial charge in [0.05, 0.1) is 11.1 Å². The van der Waals surface area contributed by atoms with Crippen molar-refractivity contribution in [2.24, 2.45) is 0 Å². The Hall–Kier alpha value is -3.28. The molecule has 0 fully saturated rings. The number of benzene rings is 3. The maximum Gasteiger partial charge on any atom is 0.416 e. The van der Waals surface area contributed by atoms with E-state index < -0.39 is 17.7 Å². The van der Waals surface area contributed by atoms with Gasteiger partial charge in [-0.3, -0.25) is 0 Å². The first-order valence-corrected chi connectivity index (χ1v) is 10.2. The second-order valence-electron chi connectivity index (χ2n) is 7.80. The van der Waals surface area contributed by atoms with Gasteiger partial charge in [0.2, 0.25) is 0 Å². The Labute approximate surface area is 178 Å². The fourth-order valence-corrected chi connectivity index (χ4v) is 4.14. The highest BCUT2D eigenvalue weighted by atomic mass is 19.4. The normalized spacial score (nSPS) is 13.3. The number of rotatable bonds is 6. The summed E-state index contributed by atoms with van der Waals surface area (Å²) >= 11 is 0. The minimum atomic E-state index is -4.35. The van der Waals surface area contributed by atoms with Crippen LogP contribution in [0.2, 0.25) is 0 Å². The lowest BCUT2D eigenvalue weighted by Gasteiger charge is -2.23. The number of anilines is 1. The molecule has 3 aromatic carbocycles. The lowest BCUT2D eigenvalue weighted by atomic mass is 9.99. The van der Waals surface area contributed by atoms with Gasteiger partial charge in [-0.2, -0.15) is 13.2 Å². The van der Waals surface area contributed by atoms with Gasteiger partial charge in [-0.1, -0.05) is 42.5 Å². The molecule has 31 heavy (non-hydrogen) atoms. The predicted octanol–water partition coefficient (Wildman–Crippen LogP) is 5.75. The Kier molecular flexibility index (Phi) is 5.72. The summed E-state index contributed by atoms with van der Waals surface area (Å²) in [6.07, 6.45) is -1.95. The van der Waals surface area contributed by atoms with E-state index in [9.17, 15) is 18.0 Å². The summed E-state index contributed by atoms with van der Waals surface area (Å²) in [6.45, 7) is 1.21. The molecule has 1 aliphatic rings. The minimum Gasteiger partial charge on any atom is -0.478 e. The number of carboxylic acids is 1. The first-order valence-electron chi connectivity index (χ1n) is 10.2. The standard InChI is InChI=1S/C25H22F3NO2/c26-25(27,28)22-6-1-3-18(15-22)16-29-14-13-20-5-2-4-19(23(20)29)10-7-17-8-11-21(12-9-17)24(30)31/h1-6,8-9,11-12,15H,7,10,13-14,16H2,(H,30,31). The van der Waals surface area contributed by atoms with Gasteiger partial charge in [0.1, 0.15) is 0 Å². The third-order valence-corrected chi connectivity index (χ3v) is 5.68. The maximum atomic E-state index is 13.1. The van der Waals surface area contributed by atoms with Crippen molar-refractivity contribution in [3.63, 3.8) is 0 Å². The topological polar surface area (TPSA) is 40.5 Å². The van der Waals surface area contributed by atoms with Gasteiger partial charge in [0.15, 0.2) is 0 Å². The van der Waals surface area contributed by atoms with Crippen LogP contribution in [-0.4, -0.2) is 17.6 Å². The molecular weight excluding hydrogens is 403 g/mol. The van der Waals surface area contributed by atoms with Crippen LogP contribution >= 0.6 is 0 Å². The molecule has 4 rings (SSSR count). The predicted molar refractivity (Wildman–Crippen MR) is 113 cm³/mol. The van der Waals surface area contributed by atoms with Crippen LogP contribution < -0.4 is 4.90 Å². The molecule has 6 heteroatoms. The number of carboxylic acid groups (broad SMARTS) is 1. The van der Waals surface area contributed by atoms with Crippen molar-refractivity contribution in [2.75, 3.05) is 11.4 Å². The molecule has 0 radical (unpaired) electrons. The molecule has 0 saturated carbocycles. The summed E-state index contributed by atoms with van der Waals surface area (Å²) in [5.41, 5.74) is 4.81. The average Bonchev–Trinajstić information content (AvgIpc) is 3.15. The van der Waals surface area contributed by atoms with Gasteiger partial charge in [0, 0.05) is 18.8 Å². The lowest BCUT2D eigenvalue weighted by molar-refractivity contribution is -0.137. The zero-order chi connectivity index (χ0) is 22.0. The molecule has 0 unspecified atom stereocenters. The first kappa shape index (κ1) is 21.0. The fraction of sp³-hybridized carbons (Fsp3) is 0.240. The zero-order valence-corrected chi connectivity index (χ0v) is 16.8. The number of para-hydroxylation sites is 1. The number of hydrogen-bond donors (Lipinski definition) is 1. The van der Waals surface area contributed by atoms with Crippen LogP contribution in [0.3, 0.4) is 0 Å². The molecule has 0 bridgehead atoms. The molecule has 1 aliphatic heterocycles. The van der Waals surface area contributed by atoms with E-state index in [1.54, 1.807) is 18.2 Å². The van der Waals surface area contributed by atoms with Crippen molar-refractivity contribution in [2.45, 2.75) is 32.0 Å². The van der Waals surface area contributed by atoms with E-state index in [1.807, 2.05) is 18.2 Å². The SMILES string of the molecule is O=C(O)c1ccc(CCc2cccc3c2N(Cc2cccc(C(F)(F)F)c2)CC3)cc1. The van der Waals surface area contributed by atoms with Crippen LogP contribution in [-0.2, 0) is 32.0 Å². The molecule has 3 aromatic rings. The number of hydrogen-bond acceptors (Lipinski definition) is 2. The zero-order valence-electron chi connectivity index (χ0n) is 16.8. The first-order chi connectivity index (χ1) is 14.8. The molecule has 1 heterocycles. The summed E-state index contributed by atoms with van der Waals surface area (Å²) < 4.78 is 39.2. The smallest absolute Gasteiger partial charge is 0.416 e. The highest BCUT2D eigenvalue weighted by Gasteiger charge is 2.30. The largest absolute Gasteiger partial charge is 0.478 e. The maximum absolute atomic E-state index is 13.1. The number of carbonyl (C=O) groups is 1. The third-order valence-electron chi connectivity index (χ3n) is 5.68. The van der Waals surface area contributed by atoms with Gasteiger partial charge in [-0.15, -0.1) is 0 Å². The quantitative estimate of drug-likeness (QED) is 0.547. The summed E-state index contributed by atoms with van der Waals surface area (Å²) in [4.78, 5) is 13.2. The van der Waals surface area contributed by atoms with Crippen molar-refractivity contribution in [3.8, 4) is 0 Å². The van der Waals surface area contributed by atoms with Crippen LogP contribution in [0.4, 0.5) is 18.9 Å². The van der Waals surface area contributed by atoms with E-state index >= 15 is 0 Å². The van der Waals surface area contributed by atoms with E-state index in [-0.39, 0.29) is 5.56 Å². The Balaban J connectivity index is 1.52. The Bertz CT molecular complexity index is 1090. The average molecular weight is 425 g/mol. The second-order valence-corrected chi connectivity index (χ2v) is 7.80. The van der Waals surface area contributed by atoms with E-state index in [0.717, 1.165) is 48.7 Å². The van der Waals surface area contributed by atoms with Crippen LogP contribution in [0, 0.1) is 0 Å². The van der Waals surface area contributed by atoms with E-state index in [4.69, 9.17) is 5.11 Å². The van der Waals surface area contributed by atoms with Gasteiger partial charge < -0.3 is 10.0 Å². The van der Waals surface area contributed by atoms with Gasteiger partial charge in [0.25, 0.3) is 0 Å². The third kappa shape index (κ3) is 4.74. The van der Waals surface area contributed by atoms with E-state index in [2.05, 4.69) is 17.0 Å². The minimum absolute atomic E-state index is 0.261. The van der Waals surface area contributed by atoms with E-state index in [0.29, 0.717) is 12.1 Å². The van der Waals surface area contributed by atoms with Crippen LogP contribution in [0.25, 0.3) is 0 Å². The molecule has 160 valence electrons. The molecule has 0 aromatic heterocycles. The monoisotopic (exact) mass is 425 g/mol. The molecule has 0 atom stereocenters. The van der Waals surface area contributed by atoms with E-state index in [1.165, 1.54) is 17.7 Å². The number of halogens is 3. The van der Waals surface area contributed by atoms with Crippen molar-refractivity contribution < 1.29 is 23.1 Å². The Morgan fingerprint density at radius 1 is 0.935 bits per heavy atom. The van der Waals surface area contributed by atoms with Crippen LogP contribution in [0.1, 0.15) is 38.2 Å².